The summed E-state index contributed by atoms with van der Waals surface area (Å²) in [6.07, 6.45) is 1.78. The predicted molar refractivity (Wildman–Crippen MR) is 65.5 cm³/mol. The predicted octanol–water partition coefficient (Wildman–Crippen LogP) is 4.55. The van der Waals surface area contributed by atoms with Crippen molar-refractivity contribution in [3.63, 3.8) is 0 Å². The number of nitrogens with zero attached hydrogens (tertiary/aromatic N) is 1. The smallest absolute Gasteiger partial charge is 0.347 e. The summed E-state index contributed by atoms with van der Waals surface area (Å²) in [5.74, 6) is 0.00983. The van der Waals surface area contributed by atoms with E-state index in [-0.39, 0.29) is 17.5 Å². The first-order chi connectivity index (χ1) is 7.96. The highest BCUT2D eigenvalue weighted by Crippen LogP contribution is 2.30. The summed E-state index contributed by atoms with van der Waals surface area (Å²) in [7, 11) is 0. The fourth-order valence-electron chi connectivity index (χ4n) is 1.63. The second kappa shape index (κ2) is 4.82. The van der Waals surface area contributed by atoms with Crippen LogP contribution in [0.15, 0.2) is 30.5 Å². The van der Waals surface area contributed by atoms with Gasteiger partial charge < -0.3 is 4.57 Å². The Balaban J connectivity index is 2.09. The van der Waals surface area contributed by atoms with Gasteiger partial charge in [0.15, 0.2) is 0 Å². The number of rotatable bonds is 3. The van der Waals surface area contributed by atoms with E-state index in [1.807, 2.05) is 12.1 Å². The molecule has 0 spiro atoms. The van der Waals surface area contributed by atoms with Crippen molar-refractivity contribution in [1.82, 2.24) is 4.57 Å². The van der Waals surface area contributed by atoms with Gasteiger partial charge in [0.05, 0.1) is 0 Å². The molecule has 6 heteroatoms. The molecule has 0 amide bonds. The quantitative estimate of drug-likeness (QED) is 0.798. The summed E-state index contributed by atoms with van der Waals surface area (Å²) in [6.45, 7) is 0.329. The maximum Gasteiger partial charge on any atom is 0.441 e. The van der Waals surface area contributed by atoms with E-state index in [1.165, 1.54) is 0 Å². The van der Waals surface area contributed by atoms with Crippen LogP contribution in [0.1, 0.15) is 0 Å². The highest BCUT2D eigenvalue weighted by Gasteiger charge is 2.27. The van der Waals surface area contributed by atoms with E-state index in [2.05, 4.69) is 0 Å². The number of hydrogen-bond acceptors (Lipinski definition) is 1. The maximum atomic E-state index is 12.0. The molecule has 17 heavy (non-hydrogen) atoms. The van der Waals surface area contributed by atoms with Crippen LogP contribution in [0.2, 0.25) is 5.02 Å². The molecule has 0 saturated carbocycles. The first-order valence-electron chi connectivity index (χ1n) is 4.91. The molecule has 1 nitrogen and oxygen atoms in total. The molecule has 92 valence electrons. The third-order valence-electron chi connectivity index (χ3n) is 2.33. The van der Waals surface area contributed by atoms with Crippen molar-refractivity contribution in [2.24, 2.45) is 0 Å². The molecular weight excluding hydrogens is 271 g/mol. The second-order valence-corrected chi connectivity index (χ2v) is 5.10. The minimum atomic E-state index is -4.16. The topological polar surface area (TPSA) is 4.93 Å². The van der Waals surface area contributed by atoms with E-state index >= 15 is 0 Å². The Morgan fingerprint density at radius 2 is 2.00 bits per heavy atom. The number of alkyl halides is 3. The molecule has 2 aromatic rings. The third-order valence-corrected chi connectivity index (χ3v) is 3.28. The Bertz CT molecular complexity index is 521. The lowest BCUT2D eigenvalue weighted by atomic mass is 10.2. The Hall–Kier alpha value is -0.810. The second-order valence-electron chi connectivity index (χ2n) is 3.51. The minimum Gasteiger partial charge on any atom is -0.347 e. The van der Waals surface area contributed by atoms with Gasteiger partial charge in [-0.2, -0.15) is 13.2 Å². The monoisotopic (exact) mass is 279 g/mol. The van der Waals surface area contributed by atoms with E-state index in [9.17, 15) is 13.2 Å². The van der Waals surface area contributed by atoms with E-state index in [0.29, 0.717) is 11.6 Å². The van der Waals surface area contributed by atoms with Crippen LogP contribution in [0.3, 0.4) is 0 Å². The molecule has 0 atom stereocenters. The SMILES string of the molecule is FC(F)(F)SCCn1ccc2cc(Cl)ccc21. The molecule has 0 N–H and O–H groups in total. The molecule has 1 heterocycles. The van der Waals surface area contributed by atoms with Crippen LogP contribution in [-0.2, 0) is 6.54 Å². The van der Waals surface area contributed by atoms with Crippen LogP contribution in [0.4, 0.5) is 13.2 Å². The number of halogens is 4. The Morgan fingerprint density at radius 1 is 1.24 bits per heavy atom. The molecule has 0 fully saturated rings. The van der Waals surface area contributed by atoms with Gasteiger partial charge in [0.2, 0.25) is 0 Å². The van der Waals surface area contributed by atoms with Crippen molar-refractivity contribution in [2.75, 3.05) is 5.75 Å². The van der Waals surface area contributed by atoms with Crippen molar-refractivity contribution in [3.8, 4) is 0 Å². The Kier molecular flexibility index (Phi) is 3.58. The lowest BCUT2D eigenvalue weighted by molar-refractivity contribution is -0.0328. The fourth-order valence-corrected chi connectivity index (χ4v) is 2.33. The van der Waals surface area contributed by atoms with Gasteiger partial charge in [-0.05, 0) is 36.0 Å². The van der Waals surface area contributed by atoms with Gasteiger partial charge in [0, 0.05) is 34.4 Å². The van der Waals surface area contributed by atoms with Crippen molar-refractivity contribution >= 4 is 34.3 Å². The van der Waals surface area contributed by atoms with Crippen LogP contribution in [-0.4, -0.2) is 15.8 Å². The first kappa shape index (κ1) is 12.6. The summed E-state index contributed by atoms with van der Waals surface area (Å²) in [5.41, 5.74) is -3.26. The standard InChI is InChI=1S/C11H9ClF3NS/c12-9-1-2-10-8(7-9)3-4-16(10)5-6-17-11(13,14)15/h1-4,7H,5-6H2. The molecule has 0 aliphatic rings. The molecule has 0 aliphatic heterocycles. The molecule has 0 unspecified atom stereocenters. The minimum absolute atomic E-state index is 0.00338. The van der Waals surface area contributed by atoms with Gasteiger partial charge in [0.25, 0.3) is 0 Å². The number of thioether (sulfide) groups is 1. The largest absolute Gasteiger partial charge is 0.441 e. The zero-order chi connectivity index (χ0) is 12.5. The zero-order valence-corrected chi connectivity index (χ0v) is 10.2. The first-order valence-corrected chi connectivity index (χ1v) is 6.27. The highest BCUT2D eigenvalue weighted by molar-refractivity contribution is 8.00. The van der Waals surface area contributed by atoms with Crippen LogP contribution >= 0.6 is 23.4 Å². The summed E-state index contributed by atoms with van der Waals surface area (Å²) in [6, 6.07) is 7.19. The number of hydrogen-bond donors (Lipinski definition) is 0. The number of aromatic nitrogens is 1. The van der Waals surface area contributed by atoms with Crippen LogP contribution in [0.25, 0.3) is 10.9 Å². The Labute approximate surface area is 106 Å². The molecule has 0 radical (unpaired) electrons. The van der Waals surface area contributed by atoms with Crippen molar-refractivity contribution in [2.45, 2.75) is 12.1 Å². The molecule has 1 aromatic heterocycles. The number of fused-ring (bicyclic) bond motifs is 1. The van der Waals surface area contributed by atoms with Crippen LogP contribution in [0, 0.1) is 0 Å². The molecule has 2 rings (SSSR count). The van der Waals surface area contributed by atoms with E-state index in [1.54, 1.807) is 22.9 Å². The summed E-state index contributed by atoms with van der Waals surface area (Å²) in [4.78, 5) is 0. The Morgan fingerprint density at radius 3 is 2.71 bits per heavy atom. The van der Waals surface area contributed by atoms with Crippen LogP contribution in [0.5, 0.6) is 0 Å². The maximum absolute atomic E-state index is 12.0. The molecular formula is C11H9ClF3NS. The average molecular weight is 280 g/mol. The average Bonchev–Trinajstić information content (AvgIpc) is 2.59. The molecule has 0 aliphatic carbocycles. The lowest BCUT2D eigenvalue weighted by Gasteiger charge is -2.07. The van der Waals surface area contributed by atoms with E-state index in [0.717, 1.165) is 10.9 Å². The van der Waals surface area contributed by atoms with Gasteiger partial charge in [-0.15, -0.1) is 0 Å². The van der Waals surface area contributed by atoms with Gasteiger partial charge in [-0.1, -0.05) is 11.6 Å². The fraction of sp³-hybridized carbons (Fsp3) is 0.273. The molecule has 0 saturated heterocycles. The summed E-state index contributed by atoms with van der Waals surface area (Å²) in [5, 5.41) is 1.56. The van der Waals surface area contributed by atoms with Crippen molar-refractivity contribution in [1.29, 1.82) is 0 Å². The normalized spacial score (nSPS) is 12.2. The summed E-state index contributed by atoms with van der Waals surface area (Å²) >= 11 is 5.83. The van der Waals surface area contributed by atoms with Crippen LogP contribution < -0.4 is 0 Å². The van der Waals surface area contributed by atoms with E-state index < -0.39 is 5.51 Å². The summed E-state index contributed by atoms with van der Waals surface area (Å²) < 4.78 is 37.8. The third kappa shape index (κ3) is 3.33. The zero-order valence-electron chi connectivity index (χ0n) is 8.67. The number of aryl methyl sites for hydroxylation is 1. The van der Waals surface area contributed by atoms with E-state index in [4.69, 9.17) is 11.6 Å². The molecule has 1 aromatic carbocycles. The van der Waals surface area contributed by atoms with Gasteiger partial charge in [-0.3, -0.25) is 0 Å². The highest BCUT2D eigenvalue weighted by atomic mass is 35.5. The lowest BCUT2D eigenvalue weighted by Crippen LogP contribution is -2.06. The van der Waals surface area contributed by atoms with Gasteiger partial charge in [-0.25, -0.2) is 0 Å². The number of benzene rings is 1. The van der Waals surface area contributed by atoms with Crippen molar-refractivity contribution < 1.29 is 13.2 Å². The van der Waals surface area contributed by atoms with Gasteiger partial charge in [0.1, 0.15) is 0 Å². The van der Waals surface area contributed by atoms with Crippen molar-refractivity contribution in [3.05, 3.63) is 35.5 Å². The molecule has 0 bridgehead atoms. The van der Waals surface area contributed by atoms with Gasteiger partial charge >= 0.3 is 5.51 Å².